The third-order valence-corrected chi connectivity index (χ3v) is 1.56. The van der Waals surface area contributed by atoms with Crippen LogP contribution in [0.4, 0.5) is 0 Å². The van der Waals surface area contributed by atoms with Crippen molar-refractivity contribution in [3.63, 3.8) is 0 Å². The second-order valence-corrected chi connectivity index (χ2v) is 2.63. The lowest BCUT2D eigenvalue weighted by molar-refractivity contribution is 0.390. The molecule has 0 aliphatic carbocycles. The summed E-state index contributed by atoms with van der Waals surface area (Å²) in [5.41, 5.74) is 0. The van der Waals surface area contributed by atoms with E-state index < -0.39 is 0 Å². The fraction of sp³-hybridized carbons (Fsp3) is 0. The van der Waals surface area contributed by atoms with Crippen molar-refractivity contribution in [3.05, 3.63) is 48.1 Å². The maximum absolute atomic E-state index is 4.65. The highest BCUT2D eigenvalue weighted by atomic mass is 32.2. The van der Waals surface area contributed by atoms with Crippen molar-refractivity contribution >= 4 is 11.8 Å². The monoisotopic (exact) mass is 182 g/mol. The molecular formula is C8H10N2OS. The number of thioether (sulfide) groups is 1. The second-order valence-electron chi connectivity index (χ2n) is 1.82. The summed E-state index contributed by atoms with van der Waals surface area (Å²) in [4.78, 5) is 0. The predicted octanol–water partition coefficient (Wildman–Crippen LogP) is 1.81. The molecule has 2 aliphatic heterocycles. The molecule has 0 amide bonds. The van der Waals surface area contributed by atoms with Gasteiger partial charge < -0.3 is 15.4 Å². The van der Waals surface area contributed by atoms with Crippen LogP contribution in [-0.4, -0.2) is 0 Å². The van der Waals surface area contributed by atoms with Crippen molar-refractivity contribution in [1.82, 2.24) is 10.6 Å². The molecule has 0 aromatic heterocycles. The van der Waals surface area contributed by atoms with E-state index in [-0.39, 0.29) is 0 Å². The Kier molecular flexibility index (Phi) is 4.71. The van der Waals surface area contributed by atoms with Gasteiger partial charge in [0.2, 0.25) is 0 Å². The van der Waals surface area contributed by atoms with Gasteiger partial charge in [0, 0.05) is 24.8 Å². The zero-order valence-corrected chi connectivity index (χ0v) is 7.25. The molecule has 0 radical (unpaired) electrons. The Morgan fingerprint density at radius 2 is 1.42 bits per heavy atom. The highest BCUT2D eigenvalue weighted by Crippen LogP contribution is 2.04. The molecule has 12 heavy (non-hydrogen) atoms. The lowest BCUT2D eigenvalue weighted by Crippen LogP contribution is -1.94. The first-order chi connectivity index (χ1) is 6.00. The first kappa shape index (κ1) is 8.80. The zero-order valence-electron chi connectivity index (χ0n) is 6.44. The van der Waals surface area contributed by atoms with Crippen LogP contribution in [0.15, 0.2) is 48.1 Å². The van der Waals surface area contributed by atoms with Crippen molar-refractivity contribution in [2.45, 2.75) is 0 Å². The Morgan fingerprint density at radius 1 is 0.833 bits per heavy atom. The third kappa shape index (κ3) is 4.51. The standard InChI is InChI=1S/C4H5NO.C4H5NS/c2*1-3-6-4-2-5-1/h2*1-5H. The largest absolute Gasteiger partial charge is 0.470 e. The highest BCUT2D eigenvalue weighted by Gasteiger charge is 1.74. The average molecular weight is 182 g/mol. The minimum Gasteiger partial charge on any atom is -0.470 e. The summed E-state index contributed by atoms with van der Waals surface area (Å²) in [5.74, 6) is 0. The van der Waals surface area contributed by atoms with Crippen molar-refractivity contribution in [3.8, 4) is 0 Å². The van der Waals surface area contributed by atoms with Crippen molar-refractivity contribution in [2.24, 2.45) is 0 Å². The summed E-state index contributed by atoms with van der Waals surface area (Å²) in [5, 5.41) is 9.67. The van der Waals surface area contributed by atoms with E-state index in [0.717, 1.165) is 0 Å². The van der Waals surface area contributed by atoms with Crippen LogP contribution in [0, 0.1) is 0 Å². The average Bonchev–Trinajstić information content (AvgIpc) is 2.24. The van der Waals surface area contributed by atoms with E-state index in [1.165, 1.54) is 0 Å². The number of rotatable bonds is 0. The molecule has 0 atom stereocenters. The van der Waals surface area contributed by atoms with Crippen LogP contribution in [0.1, 0.15) is 0 Å². The van der Waals surface area contributed by atoms with Crippen LogP contribution >= 0.6 is 11.8 Å². The van der Waals surface area contributed by atoms with Gasteiger partial charge in [-0.25, -0.2) is 0 Å². The molecule has 0 fully saturated rings. The lowest BCUT2D eigenvalue weighted by atomic mass is 10.8. The molecule has 4 heteroatoms. The molecule has 2 aliphatic rings. The Morgan fingerprint density at radius 3 is 1.58 bits per heavy atom. The first-order valence-electron chi connectivity index (χ1n) is 3.43. The van der Waals surface area contributed by atoms with Crippen LogP contribution in [0.2, 0.25) is 0 Å². The van der Waals surface area contributed by atoms with E-state index in [9.17, 15) is 0 Å². The number of nitrogens with one attached hydrogen (secondary N) is 2. The topological polar surface area (TPSA) is 33.3 Å². The summed E-state index contributed by atoms with van der Waals surface area (Å²) in [6.07, 6.45) is 10.3. The summed E-state index contributed by atoms with van der Waals surface area (Å²) in [6.45, 7) is 0. The summed E-state index contributed by atoms with van der Waals surface area (Å²) in [7, 11) is 0. The summed E-state index contributed by atoms with van der Waals surface area (Å²) < 4.78 is 4.65. The minimum absolute atomic E-state index is 1.57. The van der Waals surface area contributed by atoms with Gasteiger partial charge >= 0.3 is 0 Å². The van der Waals surface area contributed by atoms with E-state index in [0.29, 0.717) is 0 Å². The van der Waals surface area contributed by atoms with E-state index in [4.69, 9.17) is 0 Å². The minimum atomic E-state index is 1.57. The van der Waals surface area contributed by atoms with Gasteiger partial charge in [0.15, 0.2) is 0 Å². The highest BCUT2D eigenvalue weighted by molar-refractivity contribution is 8.04. The van der Waals surface area contributed by atoms with Gasteiger partial charge in [-0.3, -0.25) is 0 Å². The molecule has 0 bridgehead atoms. The van der Waals surface area contributed by atoms with Gasteiger partial charge in [-0.1, -0.05) is 0 Å². The summed E-state index contributed by atoms with van der Waals surface area (Å²) >= 11 is 1.67. The van der Waals surface area contributed by atoms with E-state index >= 15 is 0 Å². The van der Waals surface area contributed by atoms with Crippen LogP contribution < -0.4 is 10.6 Å². The van der Waals surface area contributed by atoms with E-state index in [2.05, 4.69) is 15.4 Å². The maximum atomic E-state index is 4.65. The SMILES string of the molecule is C1=COC=CN1.C1=CSC=CN1. The smallest absolute Gasteiger partial charge is 0.106 e. The van der Waals surface area contributed by atoms with Crippen molar-refractivity contribution in [2.75, 3.05) is 0 Å². The molecule has 0 unspecified atom stereocenters. The molecule has 3 nitrogen and oxygen atoms in total. The molecule has 0 spiro atoms. The Bertz CT molecular complexity index is 157. The van der Waals surface area contributed by atoms with Gasteiger partial charge in [0.1, 0.15) is 12.5 Å². The van der Waals surface area contributed by atoms with Crippen LogP contribution in [0.25, 0.3) is 0 Å². The molecule has 2 rings (SSSR count). The van der Waals surface area contributed by atoms with Crippen LogP contribution in [-0.2, 0) is 4.74 Å². The maximum Gasteiger partial charge on any atom is 0.106 e. The Balaban J connectivity index is 0.000000120. The molecular weight excluding hydrogens is 172 g/mol. The van der Waals surface area contributed by atoms with Gasteiger partial charge in [-0.2, -0.15) is 0 Å². The third-order valence-electron chi connectivity index (χ3n) is 0.971. The number of hydrogen-bond acceptors (Lipinski definition) is 4. The quantitative estimate of drug-likeness (QED) is 0.598. The summed E-state index contributed by atoms with van der Waals surface area (Å²) in [6, 6.07) is 0. The van der Waals surface area contributed by atoms with Crippen LogP contribution in [0.3, 0.4) is 0 Å². The molecule has 2 heterocycles. The van der Waals surface area contributed by atoms with E-state index in [1.54, 1.807) is 36.7 Å². The molecule has 0 aromatic carbocycles. The lowest BCUT2D eigenvalue weighted by Gasteiger charge is -1.94. The fourth-order valence-corrected chi connectivity index (χ4v) is 0.921. The zero-order chi connectivity index (χ0) is 8.49. The second kappa shape index (κ2) is 6.42. The molecule has 0 aromatic rings. The predicted molar refractivity (Wildman–Crippen MR) is 51.5 cm³/mol. The van der Waals surface area contributed by atoms with Gasteiger partial charge in [0.25, 0.3) is 0 Å². The Labute approximate surface area is 75.9 Å². The van der Waals surface area contributed by atoms with Gasteiger partial charge in [0.05, 0.1) is 0 Å². The molecule has 0 saturated heterocycles. The fourth-order valence-electron chi connectivity index (χ4n) is 0.516. The van der Waals surface area contributed by atoms with Gasteiger partial charge in [-0.05, 0) is 10.8 Å². The number of ether oxygens (including phenoxy) is 1. The van der Waals surface area contributed by atoms with Crippen molar-refractivity contribution < 1.29 is 4.74 Å². The van der Waals surface area contributed by atoms with Crippen LogP contribution in [0.5, 0.6) is 0 Å². The Hall–Kier alpha value is -1.29. The van der Waals surface area contributed by atoms with Crippen molar-refractivity contribution in [1.29, 1.82) is 0 Å². The molecule has 2 N–H and O–H groups in total. The first-order valence-corrected chi connectivity index (χ1v) is 4.37. The molecule has 64 valence electrons. The molecule has 0 saturated carbocycles. The van der Waals surface area contributed by atoms with Gasteiger partial charge in [-0.15, -0.1) is 11.8 Å². The number of hydrogen-bond donors (Lipinski definition) is 2. The van der Waals surface area contributed by atoms with E-state index in [1.807, 2.05) is 23.2 Å². The normalized spacial score (nSPS) is 16.7.